The Morgan fingerprint density at radius 3 is 3.16 bits per heavy atom. The molecule has 0 aromatic carbocycles. The number of fused-ring (bicyclic) bond motifs is 1. The number of hydrogen-bond donors (Lipinski definition) is 2. The summed E-state index contributed by atoms with van der Waals surface area (Å²) >= 11 is 6.12. The summed E-state index contributed by atoms with van der Waals surface area (Å²) in [6.07, 6.45) is 4.68. The van der Waals surface area contributed by atoms with Crippen molar-refractivity contribution in [3.8, 4) is 0 Å². The van der Waals surface area contributed by atoms with Crippen LogP contribution in [0, 0.1) is 12.8 Å². The number of aliphatic hydroxyl groups is 1. The summed E-state index contributed by atoms with van der Waals surface area (Å²) in [7, 11) is 0. The lowest BCUT2D eigenvalue weighted by atomic mass is 10.1. The van der Waals surface area contributed by atoms with Crippen LogP contribution in [0.3, 0.4) is 0 Å². The molecule has 2 aromatic rings. The van der Waals surface area contributed by atoms with Crippen molar-refractivity contribution < 1.29 is 5.11 Å². The van der Waals surface area contributed by atoms with Gasteiger partial charge in [-0.25, -0.2) is 0 Å². The van der Waals surface area contributed by atoms with Gasteiger partial charge in [-0.2, -0.15) is 19.6 Å². The smallest absolute Gasteiger partial charge is 0.255 e. The molecule has 3 rings (SSSR count). The average molecular weight is 282 g/mol. The van der Waals surface area contributed by atoms with Crippen LogP contribution in [0.15, 0.2) is 6.33 Å². The van der Waals surface area contributed by atoms with Gasteiger partial charge in [-0.3, -0.25) is 0 Å². The van der Waals surface area contributed by atoms with Gasteiger partial charge in [0, 0.05) is 24.1 Å². The third-order valence-corrected chi connectivity index (χ3v) is 4.19. The molecule has 1 fully saturated rings. The van der Waals surface area contributed by atoms with Crippen molar-refractivity contribution in [2.75, 3.05) is 11.9 Å². The number of nitrogens with one attached hydrogen (secondary N) is 1. The summed E-state index contributed by atoms with van der Waals surface area (Å²) in [5.74, 6) is 1.58. The SMILES string of the molecule is Cc1c(Cl)nc2ncnn2c1NC1CCCC1CO. The lowest BCUT2D eigenvalue weighted by Crippen LogP contribution is -2.28. The van der Waals surface area contributed by atoms with Crippen LogP contribution in [0.2, 0.25) is 5.15 Å². The van der Waals surface area contributed by atoms with Crippen molar-refractivity contribution in [2.24, 2.45) is 5.92 Å². The van der Waals surface area contributed by atoms with Gasteiger partial charge in [-0.05, 0) is 19.8 Å². The Morgan fingerprint density at radius 1 is 1.53 bits per heavy atom. The zero-order chi connectivity index (χ0) is 13.4. The third-order valence-electron chi connectivity index (χ3n) is 3.82. The average Bonchev–Trinajstić information content (AvgIpc) is 3.02. The molecule has 0 saturated heterocycles. The van der Waals surface area contributed by atoms with Crippen LogP contribution in [-0.4, -0.2) is 37.3 Å². The molecule has 1 aliphatic rings. The van der Waals surface area contributed by atoms with E-state index in [1.807, 2.05) is 6.92 Å². The predicted molar refractivity (Wildman–Crippen MR) is 72.4 cm³/mol. The van der Waals surface area contributed by atoms with Crippen LogP contribution >= 0.6 is 11.6 Å². The van der Waals surface area contributed by atoms with E-state index in [0.29, 0.717) is 10.9 Å². The molecule has 2 heterocycles. The summed E-state index contributed by atoms with van der Waals surface area (Å²) in [5, 5.41) is 17.5. The first kappa shape index (κ1) is 12.6. The van der Waals surface area contributed by atoms with Gasteiger partial charge >= 0.3 is 0 Å². The summed E-state index contributed by atoms with van der Waals surface area (Å²) < 4.78 is 1.66. The maximum Gasteiger partial charge on any atom is 0.255 e. The Kier molecular flexibility index (Phi) is 3.28. The van der Waals surface area contributed by atoms with E-state index in [9.17, 15) is 5.11 Å². The molecule has 1 saturated carbocycles. The van der Waals surface area contributed by atoms with Crippen LogP contribution in [0.5, 0.6) is 0 Å². The molecule has 19 heavy (non-hydrogen) atoms. The molecule has 6 nitrogen and oxygen atoms in total. The fraction of sp³-hybridized carbons (Fsp3) is 0.583. The second-order valence-corrected chi connectivity index (χ2v) is 5.33. The van der Waals surface area contributed by atoms with Gasteiger partial charge in [-0.15, -0.1) is 0 Å². The van der Waals surface area contributed by atoms with E-state index in [4.69, 9.17) is 11.6 Å². The maximum atomic E-state index is 9.40. The van der Waals surface area contributed by atoms with Gasteiger partial charge < -0.3 is 10.4 Å². The number of aromatic nitrogens is 4. The first-order chi connectivity index (χ1) is 9.20. The van der Waals surface area contributed by atoms with Gasteiger partial charge in [0.15, 0.2) is 0 Å². The lowest BCUT2D eigenvalue weighted by molar-refractivity contribution is 0.222. The molecule has 2 aromatic heterocycles. The first-order valence-electron chi connectivity index (χ1n) is 6.44. The number of rotatable bonds is 3. The Bertz CT molecular complexity index is 599. The number of anilines is 1. The van der Waals surface area contributed by atoms with E-state index in [2.05, 4.69) is 20.4 Å². The standard InChI is InChI=1S/C12H16ClN5O/c1-7-10(13)17-12-14-6-15-18(12)11(7)16-9-4-2-3-8(9)5-19/h6,8-9,16,19H,2-5H2,1H3. The quantitative estimate of drug-likeness (QED) is 0.837. The van der Waals surface area contributed by atoms with Crippen LogP contribution in [0.25, 0.3) is 5.78 Å². The molecule has 102 valence electrons. The zero-order valence-corrected chi connectivity index (χ0v) is 11.4. The Hall–Kier alpha value is -1.40. The molecular formula is C12H16ClN5O. The second-order valence-electron chi connectivity index (χ2n) is 4.97. The molecule has 2 unspecified atom stereocenters. The highest BCUT2D eigenvalue weighted by Crippen LogP contribution is 2.30. The Balaban J connectivity index is 1.99. The Morgan fingerprint density at radius 2 is 2.37 bits per heavy atom. The van der Waals surface area contributed by atoms with Gasteiger partial charge in [0.1, 0.15) is 17.3 Å². The molecule has 0 spiro atoms. The van der Waals surface area contributed by atoms with Gasteiger partial charge in [0.2, 0.25) is 0 Å². The maximum absolute atomic E-state index is 9.40. The fourth-order valence-corrected chi connectivity index (χ4v) is 2.85. The van der Waals surface area contributed by atoms with E-state index in [1.54, 1.807) is 4.52 Å². The molecule has 2 atom stereocenters. The Labute approximate surface area is 115 Å². The highest BCUT2D eigenvalue weighted by atomic mass is 35.5. The zero-order valence-electron chi connectivity index (χ0n) is 10.7. The number of hydrogen-bond acceptors (Lipinski definition) is 5. The molecule has 0 amide bonds. The van der Waals surface area contributed by atoms with E-state index >= 15 is 0 Å². The van der Waals surface area contributed by atoms with Gasteiger partial charge in [0.05, 0.1) is 0 Å². The summed E-state index contributed by atoms with van der Waals surface area (Å²) in [6, 6.07) is 0.245. The number of nitrogens with zero attached hydrogens (tertiary/aromatic N) is 4. The third kappa shape index (κ3) is 2.15. The number of aliphatic hydroxyl groups excluding tert-OH is 1. The monoisotopic (exact) mass is 281 g/mol. The minimum Gasteiger partial charge on any atom is -0.396 e. The molecular weight excluding hydrogens is 266 g/mol. The highest BCUT2D eigenvalue weighted by Gasteiger charge is 2.28. The van der Waals surface area contributed by atoms with E-state index in [0.717, 1.165) is 30.6 Å². The van der Waals surface area contributed by atoms with Crippen molar-refractivity contribution >= 4 is 23.2 Å². The lowest BCUT2D eigenvalue weighted by Gasteiger charge is -2.21. The molecule has 0 bridgehead atoms. The summed E-state index contributed by atoms with van der Waals surface area (Å²) in [4.78, 5) is 8.24. The van der Waals surface area contributed by atoms with Crippen LogP contribution < -0.4 is 5.32 Å². The highest BCUT2D eigenvalue weighted by molar-refractivity contribution is 6.30. The van der Waals surface area contributed by atoms with Crippen molar-refractivity contribution in [1.82, 2.24) is 19.6 Å². The minimum absolute atomic E-state index is 0.204. The van der Waals surface area contributed by atoms with Crippen molar-refractivity contribution in [3.63, 3.8) is 0 Å². The van der Waals surface area contributed by atoms with E-state index in [-0.39, 0.29) is 18.6 Å². The van der Waals surface area contributed by atoms with Gasteiger partial charge in [-0.1, -0.05) is 18.0 Å². The summed E-state index contributed by atoms with van der Waals surface area (Å²) in [5.41, 5.74) is 0.850. The van der Waals surface area contributed by atoms with Gasteiger partial charge in [0.25, 0.3) is 5.78 Å². The van der Waals surface area contributed by atoms with Crippen molar-refractivity contribution in [3.05, 3.63) is 17.0 Å². The number of halogens is 1. The van der Waals surface area contributed by atoms with Crippen molar-refractivity contribution in [1.29, 1.82) is 0 Å². The predicted octanol–water partition coefficient (Wildman–Crippen LogP) is 1.66. The van der Waals surface area contributed by atoms with E-state index < -0.39 is 0 Å². The van der Waals surface area contributed by atoms with E-state index in [1.165, 1.54) is 6.33 Å². The topological polar surface area (TPSA) is 75.3 Å². The largest absolute Gasteiger partial charge is 0.396 e. The van der Waals surface area contributed by atoms with Crippen molar-refractivity contribution in [2.45, 2.75) is 32.2 Å². The van der Waals surface area contributed by atoms with Crippen LogP contribution in [0.1, 0.15) is 24.8 Å². The minimum atomic E-state index is 0.204. The first-order valence-corrected chi connectivity index (χ1v) is 6.81. The fourth-order valence-electron chi connectivity index (χ4n) is 2.69. The molecule has 2 N–H and O–H groups in total. The summed E-state index contributed by atoms with van der Waals surface area (Å²) in [6.45, 7) is 2.11. The normalized spacial score (nSPS) is 23.1. The molecule has 1 aliphatic carbocycles. The molecule has 7 heteroatoms. The van der Waals surface area contributed by atoms with Crippen LogP contribution in [0.4, 0.5) is 5.82 Å². The molecule has 0 aliphatic heterocycles. The van der Waals surface area contributed by atoms with Crippen LogP contribution in [-0.2, 0) is 0 Å². The molecule has 0 radical (unpaired) electrons. The second kappa shape index (κ2) is 4.94.